The molecule has 3 aromatic rings. The van der Waals surface area contributed by atoms with Crippen molar-refractivity contribution in [3.63, 3.8) is 0 Å². The lowest BCUT2D eigenvalue weighted by Crippen LogP contribution is -2.40. The van der Waals surface area contributed by atoms with E-state index < -0.39 is 11.9 Å². The van der Waals surface area contributed by atoms with Gasteiger partial charge in [0, 0.05) is 36.9 Å². The number of aliphatic carboxylic acids is 2. The van der Waals surface area contributed by atoms with E-state index in [1.807, 2.05) is 31.6 Å². The Kier molecular flexibility index (Phi) is 9.93. The highest BCUT2D eigenvalue weighted by molar-refractivity contribution is 5.99. The number of carboxylic acids is 2. The van der Waals surface area contributed by atoms with Crippen LogP contribution in [-0.4, -0.2) is 56.1 Å². The fourth-order valence-corrected chi connectivity index (χ4v) is 3.55. The zero-order valence-electron chi connectivity index (χ0n) is 21.7. The number of carboxylic acid groups (broad SMARTS) is 2. The monoisotopic (exact) mass is 494 g/mol. The third-order valence-corrected chi connectivity index (χ3v) is 5.05. The van der Waals surface area contributed by atoms with Gasteiger partial charge in [0.2, 0.25) is 5.88 Å². The summed E-state index contributed by atoms with van der Waals surface area (Å²) in [5.74, 6) is -0.486. The van der Waals surface area contributed by atoms with Crippen molar-refractivity contribution in [1.29, 1.82) is 0 Å². The molecule has 9 nitrogen and oxygen atoms in total. The largest absolute Gasteiger partial charge is 0.550 e. The highest BCUT2D eigenvalue weighted by Crippen LogP contribution is 2.43. The first kappa shape index (κ1) is 28.3. The maximum atomic E-state index is 8.89. The molecule has 1 aliphatic rings. The van der Waals surface area contributed by atoms with Crippen LogP contribution in [0.25, 0.3) is 16.8 Å². The number of carbonyl (C=O) groups is 2. The number of quaternary nitrogens is 1. The standard InChI is InChI=1S/C23H28N4O.2C2H4O2/c1-25-22(28-21-11-10-18-8-5-6-9-20(18)23(21)25)16-19-12-14-26(17-24-19)13-7-15-27(2,3)4;2*1-2(3)4/h5-6,8-12,14,16-17H,7,13,15H2,1-4H3;2*1H3,(H,3,4)/q+2;;/p-2. The summed E-state index contributed by atoms with van der Waals surface area (Å²) >= 11 is 0. The summed E-state index contributed by atoms with van der Waals surface area (Å²) in [4.78, 5) is 24.5. The summed E-state index contributed by atoms with van der Waals surface area (Å²) < 4.78 is 9.22. The van der Waals surface area contributed by atoms with Crippen molar-refractivity contribution in [3.8, 4) is 5.75 Å². The zero-order valence-corrected chi connectivity index (χ0v) is 21.7. The number of hydrogen-bond acceptors (Lipinski definition) is 7. The lowest BCUT2D eigenvalue weighted by molar-refractivity contribution is -0.873. The van der Waals surface area contributed by atoms with Crippen molar-refractivity contribution in [2.75, 3.05) is 39.6 Å². The first-order valence-corrected chi connectivity index (χ1v) is 11.5. The number of anilines is 1. The topological polar surface area (TPSA) is 109 Å². The van der Waals surface area contributed by atoms with Crippen molar-refractivity contribution in [1.82, 2.24) is 4.98 Å². The average Bonchev–Trinajstić information content (AvgIpc) is 3.09. The number of benzene rings is 2. The van der Waals surface area contributed by atoms with Gasteiger partial charge in [-0.1, -0.05) is 30.3 Å². The van der Waals surface area contributed by atoms with E-state index in [9.17, 15) is 0 Å². The summed E-state index contributed by atoms with van der Waals surface area (Å²) in [6, 6.07) is 14.6. The van der Waals surface area contributed by atoms with Gasteiger partial charge in [0.15, 0.2) is 11.4 Å². The van der Waals surface area contributed by atoms with Crippen LogP contribution >= 0.6 is 0 Å². The lowest BCUT2D eigenvalue weighted by atomic mass is 10.1. The molecule has 9 heteroatoms. The van der Waals surface area contributed by atoms with Gasteiger partial charge in [-0.3, -0.25) is 0 Å². The number of fused-ring (bicyclic) bond motifs is 3. The van der Waals surface area contributed by atoms with Crippen LogP contribution in [0.3, 0.4) is 0 Å². The number of ether oxygens (including phenoxy) is 1. The van der Waals surface area contributed by atoms with Gasteiger partial charge in [-0.15, -0.1) is 0 Å². The van der Waals surface area contributed by atoms with E-state index in [1.54, 1.807) is 0 Å². The molecular formula is C27H34N4O5. The minimum atomic E-state index is -1.08. The molecule has 0 unspecified atom stereocenters. The highest BCUT2D eigenvalue weighted by Gasteiger charge is 2.25. The van der Waals surface area contributed by atoms with Crippen LogP contribution in [0.4, 0.5) is 5.69 Å². The van der Waals surface area contributed by atoms with E-state index in [1.165, 1.54) is 10.8 Å². The second kappa shape index (κ2) is 12.6. The maximum Gasteiger partial charge on any atom is 0.286 e. The van der Waals surface area contributed by atoms with E-state index in [2.05, 4.69) is 72.1 Å². The molecule has 2 aromatic carbocycles. The quantitative estimate of drug-likeness (QED) is 0.384. The minimum absolute atomic E-state index is 0.793. The van der Waals surface area contributed by atoms with Crippen molar-refractivity contribution in [2.45, 2.75) is 26.8 Å². The van der Waals surface area contributed by atoms with Crippen LogP contribution < -0.4 is 24.4 Å². The van der Waals surface area contributed by atoms with E-state index in [0.717, 1.165) is 60.9 Å². The van der Waals surface area contributed by atoms with E-state index in [-0.39, 0.29) is 0 Å². The van der Waals surface area contributed by atoms with Gasteiger partial charge in [0.05, 0.1) is 52.2 Å². The molecule has 4 rings (SSSR count). The third-order valence-electron chi connectivity index (χ3n) is 5.05. The molecule has 0 N–H and O–H groups in total. The molecule has 0 spiro atoms. The van der Waals surface area contributed by atoms with Gasteiger partial charge in [0.25, 0.3) is 6.33 Å². The Morgan fingerprint density at radius 1 is 1.06 bits per heavy atom. The highest BCUT2D eigenvalue weighted by atomic mass is 16.5. The lowest BCUT2D eigenvalue weighted by Gasteiger charge is -2.23. The normalized spacial score (nSPS) is 13.2. The summed E-state index contributed by atoms with van der Waals surface area (Å²) in [5.41, 5.74) is 2.00. The number of aromatic nitrogens is 2. The third kappa shape index (κ3) is 8.99. The van der Waals surface area contributed by atoms with Crippen molar-refractivity contribution < 1.29 is 33.6 Å². The Balaban J connectivity index is 0.000000501. The number of carbonyl (C=O) groups excluding carboxylic acids is 2. The Morgan fingerprint density at radius 3 is 2.28 bits per heavy atom. The molecule has 1 aliphatic heterocycles. The van der Waals surface area contributed by atoms with Crippen LogP contribution in [0.15, 0.2) is 60.9 Å². The number of rotatable bonds is 5. The Hall–Kier alpha value is -3.98. The molecular weight excluding hydrogens is 460 g/mol. The minimum Gasteiger partial charge on any atom is -0.550 e. The zero-order chi connectivity index (χ0) is 26.9. The summed E-state index contributed by atoms with van der Waals surface area (Å²) in [5, 5.41) is 20.2. The van der Waals surface area contributed by atoms with Crippen LogP contribution in [0, 0.1) is 0 Å². The van der Waals surface area contributed by atoms with Gasteiger partial charge in [0.1, 0.15) is 0 Å². The summed E-state index contributed by atoms with van der Waals surface area (Å²) in [6.07, 6.45) is 7.11. The average molecular weight is 495 g/mol. The van der Waals surface area contributed by atoms with Gasteiger partial charge < -0.3 is 33.9 Å². The van der Waals surface area contributed by atoms with E-state index in [0.29, 0.717) is 0 Å². The number of nitrogens with zero attached hydrogens (tertiary/aromatic N) is 4. The first-order valence-electron chi connectivity index (χ1n) is 11.5. The van der Waals surface area contributed by atoms with Gasteiger partial charge in [-0.05, 0) is 30.3 Å². The predicted octanol–water partition coefficient (Wildman–Crippen LogP) is 0.958. The Morgan fingerprint density at radius 2 is 1.69 bits per heavy atom. The SMILES string of the molecule is CC(=O)[O-].CC(=O)[O-].CN1C(=Cc2cc[n+](CCC[N+](C)(C)C)cn2)Oc2ccc3ccccc3c21. The summed E-state index contributed by atoms with van der Waals surface area (Å²) in [7, 11) is 8.70. The van der Waals surface area contributed by atoms with Crippen molar-refractivity contribution >= 4 is 34.5 Å². The Labute approximate surface area is 212 Å². The predicted molar refractivity (Wildman–Crippen MR) is 134 cm³/mol. The van der Waals surface area contributed by atoms with Crippen LogP contribution in [0.5, 0.6) is 5.75 Å². The molecule has 0 atom stereocenters. The molecule has 0 fully saturated rings. The van der Waals surface area contributed by atoms with Gasteiger partial charge >= 0.3 is 0 Å². The molecule has 0 saturated heterocycles. The molecule has 0 bridgehead atoms. The van der Waals surface area contributed by atoms with E-state index in [4.69, 9.17) is 24.5 Å². The fraction of sp³-hybridized carbons (Fsp3) is 0.333. The van der Waals surface area contributed by atoms with Crippen LogP contribution in [0.2, 0.25) is 0 Å². The molecule has 36 heavy (non-hydrogen) atoms. The molecule has 0 amide bonds. The summed E-state index contributed by atoms with van der Waals surface area (Å²) in [6.45, 7) is 4.07. The van der Waals surface area contributed by atoms with Gasteiger partial charge in [-0.2, -0.15) is 0 Å². The number of hydrogen-bond donors (Lipinski definition) is 0. The maximum absolute atomic E-state index is 8.89. The first-order chi connectivity index (χ1) is 16.9. The molecule has 0 radical (unpaired) electrons. The smallest absolute Gasteiger partial charge is 0.286 e. The molecule has 192 valence electrons. The van der Waals surface area contributed by atoms with Crippen LogP contribution in [-0.2, 0) is 16.1 Å². The van der Waals surface area contributed by atoms with Crippen molar-refractivity contribution in [2.24, 2.45) is 0 Å². The number of aryl methyl sites for hydroxylation is 1. The molecule has 0 saturated carbocycles. The second-order valence-corrected chi connectivity index (χ2v) is 9.35. The van der Waals surface area contributed by atoms with Crippen molar-refractivity contribution in [3.05, 3.63) is 66.6 Å². The Bertz CT molecular complexity index is 1200. The molecule has 2 heterocycles. The molecule has 1 aromatic heterocycles. The van der Waals surface area contributed by atoms with Crippen LogP contribution in [0.1, 0.15) is 26.0 Å². The van der Waals surface area contributed by atoms with E-state index >= 15 is 0 Å². The second-order valence-electron chi connectivity index (χ2n) is 9.35. The molecule has 0 aliphatic carbocycles. The fourth-order valence-electron chi connectivity index (χ4n) is 3.55. The van der Waals surface area contributed by atoms with Gasteiger partial charge in [-0.25, -0.2) is 4.57 Å².